The van der Waals surface area contributed by atoms with Crippen molar-refractivity contribution in [3.63, 3.8) is 0 Å². The van der Waals surface area contributed by atoms with Gasteiger partial charge in [-0.25, -0.2) is 14.4 Å². The highest BCUT2D eigenvalue weighted by Crippen LogP contribution is 2.35. The highest BCUT2D eigenvalue weighted by atomic mass is 19.1. The van der Waals surface area contributed by atoms with Gasteiger partial charge in [-0.15, -0.1) is 0 Å². The lowest BCUT2D eigenvalue weighted by Gasteiger charge is -2.35. The molecule has 1 aromatic carbocycles. The molecule has 1 fully saturated rings. The number of imidazole rings is 1. The molecular weight excluding hydrogens is 507 g/mol. The SMILES string of the molecule is COCCCNC(=O)C1(C)COC(c2nc(-c3ccc(F)cc3)c(-c3ccnc(OCCN(C)C)n3)[nH]2)OC1. The molecular formula is C27H35FN6O5. The van der Waals surface area contributed by atoms with E-state index in [1.54, 1.807) is 38.4 Å². The minimum absolute atomic E-state index is 0.146. The second-order valence-corrected chi connectivity index (χ2v) is 9.85. The van der Waals surface area contributed by atoms with Crippen LogP contribution in [-0.2, 0) is 19.0 Å². The Kier molecular flexibility index (Phi) is 9.57. The van der Waals surface area contributed by atoms with Crippen LogP contribution in [0.15, 0.2) is 36.5 Å². The summed E-state index contributed by atoms with van der Waals surface area (Å²) in [5.74, 6) is -0.0964. The number of ether oxygens (including phenoxy) is 4. The monoisotopic (exact) mass is 542 g/mol. The number of methoxy groups -OCH3 is 1. The fourth-order valence-corrected chi connectivity index (χ4v) is 3.90. The Labute approximate surface area is 227 Å². The fourth-order valence-electron chi connectivity index (χ4n) is 3.90. The van der Waals surface area contributed by atoms with Crippen LogP contribution in [-0.4, -0.2) is 91.5 Å². The second-order valence-electron chi connectivity index (χ2n) is 9.85. The van der Waals surface area contributed by atoms with Crippen molar-refractivity contribution < 1.29 is 28.1 Å². The Morgan fingerprint density at radius 1 is 1.18 bits per heavy atom. The van der Waals surface area contributed by atoms with E-state index in [0.717, 1.165) is 6.42 Å². The van der Waals surface area contributed by atoms with Crippen LogP contribution in [0.4, 0.5) is 4.39 Å². The zero-order chi connectivity index (χ0) is 27.8. The lowest BCUT2D eigenvalue weighted by Crippen LogP contribution is -2.48. The Balaban J connectivity index is 1.54. The number of hydrogen-bond acceptors (Lipinski definition) is 9. The average molecular weight is 543 g/mol. The van der Waals surface area contributed by atoms with E-state index in [1.807, 2.05) is 19.0 Å². The van der Waals surface area contributed by atoms with E-state index in [2.05, 4.69) is 20.3 Å². The van der Waals surface area contributed by atoms with Gasteiger partial charge in [-0.3, -0.25) is 4.79 Å². The Morgan fingerprint density at radius 2 is 1.92 bits per heavy atom. The van der Waals surface area contributed by atoms with E-state index >= 15 is 0 Å². The maximum absolute atomic E-state index is 13.7. The van der Waals surface area contributed by atoms with Gasteiger partial charge in [-0.2, -0.15) is 4.98 Å². The lowest BCUT2D eigenvalue weighted by atomic mass is 9.91. The molecule has 0 saturated carbocycles. The van der Waals surface area contributed by atoms with Crippen molar-refractivity contribution in [2.24, 2.45) is 5.41 Å². The number of carbonyl (C=O) groups excluding carboxylic acids is 1. The molecule has 210 valence electrons. The highest BCUT2D eigenvalue weighted by molar-refractivity contribution is 5.82. The first kappa shape index (κ1) is 28.6. The lowest BCUT2D eigenvalue weighted by molar-refractivity contribution is -0.231. The van der Waals surface area contributed by atoms with Crippen molar-refractivity contribution >= 4 is 5.91 Å². The quantitative estimate of drug-likeness (QED) is 0.333. The number of nitrogens with one attached hydrogen (secondary N) is 2. The van der Waals surface area contributed by atoms with Gasteiger partial charge in [-0.05, 0) is 57.8 Å². The molecule has 1 aliphatic rings. The third kappa shape index (κ3) is 7.35. The maximum atomic E-state index is 13.7. The number of amides is 1. The summed E-state index contributed by atoms with van der Waals surface area (Å²) in [6, 6.07) is 7.98. The van der Waals surface area contributed by atoms with Gasteiger partial charge in [-0.1, -0.05) is 0 Å². The van der Waals surface area contributed by atoms with Crippen molar-refractivity contribution in [1.29, 1.82) is 0 Å². The molecule has 4 rings (SSSR count). The molecule has 0 aliphatic carbocycles. The van der Waals surface area contributed by atoms with Gasteiger partial charge >= 0.3 is 6.01 Å². The molecule has 0 unspecified atom stereocenters. The first-order valence-electron chi connectivity index (χ1n) is 12.8. The smallest absolute Gasteiger partial charge is 0.316 e. The number of likely N-dealkylation sites (N-methyl/N-ethyl adjacent to an activating group) is 1. The molecule has 3 aromatic rings. The standard InChI is InChI=1S/C27H35FN6O5/c1-27(25(35)29-11-5-14-36-4)16-38-24(39-17-27)23-32-21(18-6-8-19(28)9-7-18)22(33-23)20-10-12-30-26(31-20)37-15-13-34(2)3/h6-10,12,24H,5,11,13-17H2,1-4H3,(H,29,35)(H,32,33). The van der Waals surface area contributed by atoms with Crippen molar-refractivity contribution in [3.05, 3.63) is 48.2 Å². The van der Waals surface area contributed by atoms with Crippen LogP contribution in [0.5, 0.6) is 6.01 Å². The van der Waals surface area contributed by atoms with Crippen LogP contribution in [0.2, 0.25) is 0 Å². The molecule has 3 heterocycles. The van der Waals surface area contributed by atoms with Gasteiger partial charge in [0.2, 0.25) is 12.2 Å². The summed E-state index contributed by atoms with van der Waals surface area (Å²) in [5.41, 5.74) is 1.49. The van der Waals surface area contributed by atoms with Crippen LogP contribution in [0.1, 0.15) is 25.5 Å². The fraction of sp³-hybridized carbons (Fsp3) is 0.481. The number of benzene rings is 1. The summed E-state index contributed by atoms with van der Waals surface area (Å²) >= 11 is 0. The summed E-state index contributed by atoms with van der Waals surface area (Å²) in [4.78, 5) is 31.5. The minimum Gasteiger partial charge on any atom is -0.462 e. The van der Waals surface area contributed by atoms with Crippen LogP contribution in [0, 0.1) is 11.2 Å². The van der Waals surface area contributed by atoms with Crippen LogP contribution >= 0.6 is 0 Å². The summed E-state index contributed by atoms with van der Waals surface area (Å²) in [6.45, 7) is 4.31. The van der Waals surface area contributed by atoms with E-state index < -0.39 is 11.7 Å². The van der Waals surface area contributed by atoms with E-state index in [0.29, 0.717) is 54.8 Å². The third-order valence-electron chi connectivity index (χ3n) is 6.19. The number of H-pyrrole nitrogens is 1. The summed E-state index contributed by atoms with van der Waals surface area (Å²) in [7, 11) is 5.53. The third-order valence-corrected chi connectivity index (χ3v) is 6.19. The number of aromatic nitrogens is 4. The first-order chi connectivity index (χ1) is 18.8. The molecule has 0 atom stereocenters. The van der Waals surface area contributed by atoms with Gasteiger partial charge in [0.15, 0.2) is 5.82 Å². The molecule has 2 N–H and O–H groups in total. The Hall–Kier alpha value is -3.45. The predicted molar refractivity (Wildman–Crippen MR) is 141 cm³/mol. The van der Waals surface area contributed by atoms with E-state index in [9.17, 15) is 9.18 Å². The number of nitrogens with zero attached hydrogens (tertiary/aromatic N) is 4. The topological polar surface area (TPSA) is 124 Å². The molecule has 0 bridgehead atoms. The second kappa shape index (κ2) is 13.1. The van der Waals surface area contributed by atoms with E-state index in [4.69, 9.17) is 23.9 Å². The number of halogens is 1. The Morgan fingerprint density at radius 3 is 2.62 bits per heavy atom. The molecule has 1 amide bonds. The molecule has 1 aliphatic heterocycles. The number of carbonyl (C=O) groups is 1. The van der Waals surface area contributed by atoms with Gasteiger partial charge in [0.25, 0.3) is 0 Å². The Bertz CT molecular complexity index is 1230. The summed E-state index contributed by atoms with van der Waals surface area (Å²) in [5, 5.41) is 2.91. The minimum atomic E-state index is -0.843. The highest BCUT2D eigenvalue weighted by Gasteiger charge is 2.40. The first-order valence-corrected chi connectivity index (χ1v) is 12.8. The molecule has 0 spiro atoms. The summed E-state index contributed by atoms with van der Waals surface area (Å²) in [6.07, 6.45) is 1.49. The molecule has 2 aromatic heterocycles. The molecule has 11 nitrogen and oxygen atoms in total. The van der Waals surface area contributed by atoms with Crippen molar-refractivity contribution in [2.75, 3.05) is 60.7 Å². The zero-order valence-electron chi connectivity index (χ0n) is 22.7. The van der Waals surface area contributed by atoms with Gasteiger partial charge in [0, 0.05) is 38.6 Å². The predicted octanol–water partition coefficient (Wildman–Crippen LogP) is 2.82. The van der Waals surface area contributed by atoms with Gasteiger partial charge in [0.05, 0.1) is 35.7 Å². The van der Waals surface area contributed by atoms with Gasteiger partial charge in [0.1, 0.15) is 12.4 Å². The molecule has 1 saturated heterocycles. The van der Waals surface area contributed by atoms with Crippen molar-refractivity contribution in [3.8, 4) is 28.7 Å². The van der Waals surface area contributed by atoms with E-state index in [1.165, 1.54) is 12.1 Å². The molecule has 12 heteroatoms. The van der Waals surface area contributed by atoms with Gasteiger partial charge < -0.3 is 34.1 Å². The number of rotatable bonds is 12. The summed E-state index contributed by atoms with van der Waals surface area (Å²) < 4.78 is 36.3. The number of aromatic amines is 1. The normalized spacial score (nSPS) is 19.3. The van der Waals surface area contributed by atoms with Crippen LogP contribution in [0.25, 0.3) is 22.6 Å². The molecule has 39 heavy (non-hydrogen) atoms. The average Bonchev–Trinajstić information content (AvgIpc) is 3.37. The van der Waals surface area contributed by atoms with E-state index in [-0.39, 0.29) is 30.9 Å². The largest absolute Gasteiger partial charge is 0.462 e. The van der Waals surface area contributed by atoms with Crippen LogP contribution in [0.3, 0.4) is 0 Å². The molecule has 0 radical (unpaired) electrons. The number of hydrogen-bond donors (Lipinski definition) is 2. The van der Waals surface area contributed by atoms with Crippen molar-refractivity contribution in [2.45, 2.75) is 19.6 Å². The maximum Gasteiger partial charge on any atom is 0.316 e. The van der Waals surface area contributed by atoms with Crippen molar-refractivity contribution in [1.82, 2.24) is 30.2 Å². The van der Waals surface area contributed by atoms with Crippen LogP contribution < -0.4 is 10.1 Å². The zero-order valence-corrected chi connectivity index (χ0v) is 22.7.